The van der Waals surface area contributed by atoms with E-state index in [1.165, 1.54) is 11.3 Å². The van der Waals surface area contributed by atoms with Crippen LogP contribution in [0.4, 0.5) is 5.82 Å². The van der Waals surface area contributed by atoms with Crippen molar-refractivity contribution < 1.29 is 0 Å². The molecule has 6 heteroatoms. The van der Waals surface area contributed by atoms with Gasteiger partial charge in [0.2, 0.25) is 0 Å². The van der Waals surface area contributed by atoms with Crippen LogP contribution in [0, 0.1) is 0 Å². The summed E-state index contributed by atoms with van der Waals surface area (Å²) in [6, 6.07) is 9.43. The average molecular weight is 324 g/mol. The molecule has 0 saturated carbocycles. The second-order valence-corrected chi connectivity index (χ2v) is 6.04. The van der Waals surface area contributed by atoms with Crippen molar-refractivity contribution in [3.8, 4) is 21.7 Å². The molecule has 0 fully saturated rings. The number of aromatic nitrogens is 2. The third-order valence-corrected chi connectivity index (χ3v) is 4.74. The van der Waals surface area contributed by atoms with Gasteiger partial charge in [0.15, 0.2) is 0 Å². The molecule has 0 unspecified atom stereocenters. The van der Waals surface area contributed by atoms with E-state index in [0.717, 1.165) is 21.7 Å². The van der Waals surface area contributed by atoms with Gasteiger partial charge >= 0.3 is 0 Å². The van der Waals surface area contributed by atoms with Gasteiger partial charge in [-0.3, -0.25) is 4.68 Å². The monoisotopic (exact) mass is 323 g/mol. The summed E-state index contributed by atoms with van der Waals surface area (Å²) >= 11 is 14.0. The molecule has 1 aromatic carbocycles. The SMILES string of the molecule is Cn1nc(-c2sccc2Cl)c(-c2ccccc2Cl)c1N. The molecule has 0 spiro atoms. The zero-order valence-electron chi connectivity index (χ0n) is 10.6. The first-order chi connectivity index (χ1) is 9.59. The Balaban J connectivity index is 2.31. The lowest BCUT2D eigenvalue weighted by Gasteiger charge is -2.05. The summed E-state index contributed by atoms with van der Waals surface area (Å²) in [7, 11) is 1.81. The van der Waals surface area contributed by atoms with Crippen molar-refractivity contribution in [2.45, 2.75) is 0 Å². The van der Waals surface area contributed by atoms with E-state index in [2.05, 4.69) is 5.10 Å². The highest BCUT2D eigenvalue weighted by Crippen LogP contribution is 2.43. The minimum Gasteiger partial charge on any atom is -0.383 e. The molecule has 0 atom stereocenters. The van der Waals surface area contributed by atoms with Crippen LogP contribution in [0.5, 0.6) is 0 Å². The van der Waals surface area contributed by atoms with Gasteiger partial charge in [0.25, 0.3) is 0 Å². The topological polar surface area (TPSA) is 43.8 Å². The maximum Gasteiger partial charge on any atom is 0.130 e. The molecule has 0 bridgehead atoms. The Kier molecular flexibility index (Phi) is 3.46. The Hall–Kier alpha value is -1.49. The molecule has 3 aromatic rings. The van der Waals surface area contributed by atoms with Gasteiger partial charge in [0, 0.05) is 17.6 Å². The van der Waals surface area contributed by atoms with Gasteiger partial charge < -0.3 is 5.73 Å². The van der Waals surface area contributed by atoms with E-state index in [9.17, 15) is 0 Å². The zero-order valence-corrected chi connectivity index (χ0v) is 12.9. The average Bonchev–Trinajstić information content (AvgIpc) is 2.96. The second kappa shape index (κ2) is 5.13. The zero-order chi connectivity index (χ0) is 14.3. The predicted molar refractivity (Wildman–Crippen MR) is 86.4 cm³/mol. The summed E-state index contributed by atoms with van der Waals surface area (Å²) in [5.41, 5.74) is 8.61. The standard InChI is InChI=1S/C14H11Cl2N3S/c1-19-14(17)11(8-4-2-3-5-9(8)15)12(18-19)13-10(16)6-7-20-13/h2-7H,17H2,1H3. The molecule has 0 aliphatic rings. The van der Waals surface area contributed by atoms with E-state index in [1.807, 2.05) is 35.7 Å². The molecule has 2 N–H and O–H groups in total. The van der Waals surface area contributed by atoms with Crippen molar-refractivity contribution in [1.29, 1.82) is 0 Å². The van der Waals surface area contributed by atoms with Crippen LogP contribution in [-0.4, -0.2) is 9.78 Å². The molecule has 0 amide bonds. The van der Waals surface area contributed by atoms with Crippen LogP contribution < -0.4 is 5.73 Å². The Labute approximate surface area is 130 Å². The fourth-order valence-corrected chi connectivity index (χ4v) is 3.45. The molecule has 0 aliphatic heterocycles. The van der Waals surface area contributed by atoms with Gasteiger partial charge in [-0.1, -0.05) is 41.4 Å². The van der Waals surface area contributed by atoms with Crippen LogP contribution in [0.25, 0.3) is 21.7 Å². The third-order valence-electron chi connectivity index (χ3n) is 3.07. The van der Waals surface area contributed by atoms with E-state index in [0.29, 0.717) is 15.9 Å². The molecule has 20 heavy (non-hydrogen) atoms. The first kappa shape index (κ1) is 13.5. The molecule has 2 aromatic heterocycles. The molecular weight excluding hydrogens is 313 g/mol. The summed E-state index contributed by atoms with van der Waals surface area (Å²) in [6.45, 7) is 0. The Morgan fingerprint density at radius 1 is 1.15 bits per heavy atom. The van der Waals surface area contributed by atoms with Gasteiger partial charge in [0.05, 0.1) is 15.5 Å². The number of benzene rings is 1. The van der Waals surface area contributed by atoms with Gasteiger partial charge in [-0.2, -0.15) is 5.10 Å². The number of halogens is 2. The number of nitrogen functional groups attached to an aromatic ring is 1. The van der Waals surface area contributed by atoms with E-state index in [1.54, 1.807) is 11.7 Å². The van der Waals surface area contributed by atoms with E-state index >= 15 is 0 Å². The first-order valence-corrected chi connectivity index (χ1v) is 7.54. The number of thiophene rings is 1. The fourth-order valence-electron chi connectivity index (χ4n) is 2.09. The maximum absolute atomic E-state index is 6.29. The first-order valence-electron chi connectivity index (χ1n) is 5.90. The van der Waals surface area contributed by atoms with Crippen molar-refractivity contribution in [3.05, 3.63) is 45.8 Å². The van der Waals surface area contributed by atoms with Crippen molar-refractivity contribution in [2.24, 2.45) is 7.05 Å². The van der Waals surface area contributed by atoms with Crippen LogP contribution in [0.1, 0.15) is 0 Å². The van der Waals surface area contributed by atoms with Crippen molar-refractivity contribution in [3.63, 3.8) is 0 Å². The summed E-state index contributed by atoms with van der Waals surface area (Å²) in [5, 5.41) is 7.73. The van der Waals surface area contributed by atoms with E-state index < -0.39 is 0 Å². The lowest BCUT2D eigenvalue weighted by atomic mass is 10.0. The van der Waals surface area contributed by atoms with Gasteiger partial charge in [0.1, 0.15) is 11.5 Å². The second-order valence-electron chi connectivity index (χ2n) is 4.31. The highest BCUT2D eigenvalue weighted by Gasteiger charge is 2.21. The van der Waals surface area contributed by atoms with Crippen molar-refractivity contribution >= 4 is 40.4 Å². The minimum atomic E-state index is 0.567. The summed E-state index contributed by atoms with van der Waals surface area (Å²) in [6.07, 6.45) is 0. The smallest absolute Gasteiger partial charge is 0.130 e. The summed E-state index contributed by atoms with van der Waals surface area (Å²) in [4.78, 5) is 0.897. The number of aryl methyl sites for hydroxylation is 1. The quantitative estimate of drug-likeness (QED) is 0.742. The lowest BCUT2D eigenvalue weighted by Crippen LogP contribution is -1.98. The van der Waals surface area contributed by atoms with Crippen LogP contribution in [0.15, 0.2) is 35.7 Å². The lowest BCUT2D eigenvalue weighted by molar-refractivity contribution is 0.783. The molecular formula is C14H11Cl2N3S. The van der Waals surface area contributed by atoms with Crippen LogP contribution in [0.3, 0.4) is 0 Å². The van der Waals surface area contributed by atoms with Crippen molar-refractivity contribution in [1.82, 2.24) is 9.78 Å². The Morgan fingerprint density at radius 3 is 2.55 bits per heavy atom. The molecule has 3 rings (SSSR count). The van der Waals surface area contributed by atoms with Crippen LogP contribution in [0.2, 0.25) is 10.0 Å². The number of nitrogens with zero attached hydrogens (tertiary/aromatic N) is 2. The molecule has 2 heterocycles. The number of hydrogen-bond donors (Lipinski definition) is 1. The number of anilines is 1. The van der Waals surface area contributed by atoms with Gasteiger partial charge in [-0.25, -0.2) is 0 Å². The summed E-state index contributed by atoms with van der Waals surface area (Å²) < 4.78 is 1.64. The Morgan fingerprint density at radius 2 is 1.90 bits per heavy atom. The number of hydrogen-bond acceptors (Lipinski definition) is 3. The van der Waals surface area contributed by atoms with Crippen LogP contribution in [-0.2, 0) is 7.05 Å². The third kappa shape index (κ3) is 2.10. The largest absolute Gasteiger partial charge is 0.383 e. The molecule has 0 saturated heterocycles. The number of nitrogens with two attached hydrogens (primary N) is 1. The van der Waals surface area contributed by atoms with E-state index in [-0.39, 0.29) is 0 Å². The van der Waals surface area contributed by atoms with Gasteiger partial charge in [-0.15, -0.1) is 11.3 Å². The Bertz CT molecular complexity index is 777. The number of rotatable bonds is 2. The maximum atomic E-state index is 6.29. The van der Waals surface area contributed by atoms with E-state index in [4.69, 9.17) is 28.9 Å². The fraction of sp³-hybridized carbons (Fsp3) is 0.0714. The van der Waals surface area contributed by atoms with Crippen molar-refractivity contribution in [2.75, 3.05) is 5.73 Å². The predicted octanol–water partition coefficient (Wildman–Crippen LogP) is 4.70. The molecule has 0 aliphatic carbocycles. The normalized spacial score (nSPS) is 10.9. The highest BCUT2D eigenvalue weighted by molar-refractivity contribution is 7.14. The summed E-state index contributed by atoms with van der Waals surface area (Å²) in [5.74, 6) is 0.567. The molecule has 102 valence electrons. The van der Waals surface area contributed by atoms with Gasteiger partial charge in [-0.05, 0) is 17.5 Å². The molecule has 3 nitrogen and oxygen atoms in total. The minimum absolute atomic E-state index is 0.567. The molecule has 0 radical (unpaired) electrons. The highest BCUT2D eigenvalue weighted by atomic mass is 35.5. The van der Waals surface area contributed by atoms with Crippen LogP contribution >= 0.6 is 34.5 Å².